The number of rotatable bonds is 5. The topological polar surface area (TPSA) is 69.2 Å². The normalized spacial score (nSPS) is 10.3. The molecule has 0 unspecified atom stereocenters. The van der Waals surface area contributed by atoms with Crippen molar-refractivity contribution in [2.75, 3.05) is 19.7 Å². The highest BCUT2D eigenvalue weighted by Crippen LogP contribution is 2.04. The Morgan fingerprint density at radius 3 is 2.80 bits per heavy atom. The molecule has 1 rings (SSSR count). The number of aromatic amines is 1. The van der Waals surface area contributed by atoms with Crippen LogP contribution < -0.4 is 0 Å². The number of carbonyl (C=O) groups excluding carboxylic acids is 1. The van der Waals surface area contributed by atoms with E-state index in [-0.39, 0.29) is 12.5 Å². The minimum absolute atomic E-state index is 0.0187. The van der Waals surface area contributed by atoms with Gasteiger partial charge in [-0.3, -0.25) is 9.89 Å². The van der Waals surface area contributed by atoms with Gasteiger partial charge in [-0.15, -0.1) is 0 Å². The molecule has 0 aliphatic rings. The largest absolute Gasteiger partial charge is 0.395 e. The quantitative estimate of drug-likeness (QED) is 0.747. The van der Waals surface area contributed by atoms with Crippen LogP contribution in [-0.2, 0) is 0 Å². The molecule has 1 aromatic heterocycles. The molecule has 0 aliphatic heterocycles. The van der Waals surface area contributed by atoms with Gasteiger partial charge in [0.25, 0.3) is 5.91 Å². The number of aliphatic hydroxyl groups excluding tert-OH is 1. The van der Waals surface area contributed by atoms with Gasteiger partial charge in [0.1, 0.15) is 5.69 Å². The van der Waals surface area contributed by atoms with Crippen LogP contribution in [0.3, 0.4) is 0 Å². The molecule has 5 nitrogen and oxygen atoms in total. The molecular weight excluding hydrogens is 194 g/mol. The molecule has 1 heterocycles. The third kappa shape index (κ3) is 3.06. The summed E-state index contributed by atoms with van der Waals surface area (Å²) >= 11 is 0. The molecule has 0 radical (unpaired) electrons. The summed E-state index contributed by atoms with van der Waals surface area (Å²) in [6.07, 6.45) is 0.870. The Bertz CT molecular complexity index is 316. The number of carbonyl (C=O) groups is 1. The Balaban J connectivity index is 2.71. The summed E-state index contributed by atoms with van der Waals surface area (Å²) in [5, 5.41) is 15.5. The fraction of sp³-hybridized carbons (Fsp3) is 0.600. The molecule has 15 heavy (non-hydrogen) atoms. The monoisotopic (exact) mass is 211 g/mol. The van der Waals surface area contributed by atoms with Crippen molar-refractivity contribution in [1.82, 2.24) is 15.1 Å². The third-order valence-corrected chi connectivity index (χ3v) is 2.08. The Morgan fingerprint density at radius 1 is 1.60 bits per heavy atom. The van der Waals surface area contributed by atoms with Crippen molar-refractivity contribution in [2.45, 2.75) is 20.3 Å². The highest BCUT2D eigenvalue weighted by atomic mass is 16.3. The van der Waals surface area contributed by atoms with E-state index in [2.05, 4.69) is 10.2 Å². The van der Waals surface area contributed by atoms with Crippen LogP contribution in [0.25, 0.3) is 0 Å². The van der Waals surface area contributed by atoms with Gasteiger partial charge in [0.05, 0.1) is 6.61 Å². The van der Waals surface area contributed by atoms with Crippen molar-refractivity contribution in [1.29, 1.82) is 0 Å². The van der Waals surface area contributed by atoms with E-state index in [1.54, 1.807) is 11.0 Å². The number of nitrogens with one attached hydrogen (secondary N) is 1. The van der Waals surface area contributed by atoms with E-state index in [0.717, 1.165) is 12.1 Å². The number of aliphatic hydroxyl groups is 1. The SMILES string of the molecule is CCCN(CCO)C(=O)c1cc(C)[nH]n1. The van der Waals surface area contributed by atoms with Gasteiger partial charge in [0.2, 0.25) is 0 Å². The van der Waals surface area contributed by atoms with E-state index in [1.807, 2.05) is 13.8 Å². The number of amides is 1. The van der Waals surface area contributed by atoms with Crippen LogP contribution in [0.5, 0.6) is 0 Å². The van der Waals surface area contributed by atoms with Crippen LogP contribution in [-0.4, -0.2) is 45.8 Å². The molecule has 0 atom stereocenters. The van der Waals surface area contributed by atoms with Gasteiger partial charge in [-0.05, 0) is 19.4 Å². The number of nitrogens with zero attached hydrogens (tertiary/aromatic N) is 2. The number of hydrogen-bond acceptors (Lipinski definition) is 3. The van der Waals surface area contributed by atoms with Crippen LogP contribution in [0.4, 0.5) is 0 Å². The molecule has 0 saturated carbocycles. The number of hydrogen-bond donors (Lipinski definition) is 2. The Labute approximate surface area is 89.1 Å². The van der Waals surface area contributed by atoms with Crippen molar-refractivity contribution in [3.05, 3.63) is 17.5 Å². The zero-order valence-electron chi connectivity index (χ0n) is 9.16. The van der Waals surface area contributed by atoms with Gasteiger partial charge in [-0.1, -0.05) is 6.92 Å². The van der Waals surface area contributed by atoms with Crippen LogP contribution in [0, 0.1) is 6.92 Å². The Kier molecular flexibility index (Phi) is 4.30. The van der Waals surface area contributed by atoms with Crippen LogP contribution >= 0.6 is 0 Å². The van der Waals surface area contributed by atoms with Gasteiger partial charge >= 0.3 is 0 Å². The van der Waals surface area contributed by atoms with Gasteiger partial charge in [0.15, 0.2) is 0 Å². The summed E-state index contributed by atoms with van der Waals surface area (Å²) in [6, 6.07) is 1.71. The van der Waals surface area contributed by atoms with Crippen LogP contribution in [0.1, 0.15) is 29.5 Å². The summed E-state index contributed by atoms with van der Waals surface area (Å²) < 4.78 is 0. The first-order valence-corrected chi connectivity index (χ1v) is 5.11. The minimum atomic E-state index is -0.129. The van der Waals surface area contributed by atoms with Gasteiger partial charge < -0.3 is 10.0 Å². The molecule has 84 valence electrons. The lowest BCUT2D eigenvalue weighted by Gasteiger charge is -2.19. The number of H-pyrrole nitrogens is 1. The van der Waals surface area contributed by atoms with Crippen molar-refractivity contribution in [2.24, 2.45) is 0 Å². The highest BCUT2D eigenvalue weighted by Gasteiger charge is 2.16. The maximum absolute atomic E-state index is 11.9. The molecule has 0 bridgehead atoms. The summed E-state index contributed by atoms with van der Waals surface area (Å²) in [7, 11) is 0. The lowest BCUT2D eigenvalue weighted by atomic mass is 10.3. The van der Waals surface area contributed by atoms with E-state index in [9.17, 15) is 4.79 Å². The first-order chi connectivity index (χ1) is 7.19. The van der Waals surface area contributed by atoms with E-state index in [0.29, 0.717) is 18.8 Å². The maximum Gasteiger partial charge on any atom is 0.274 e. The Morgan fingerprint density at radius 2 is 2.33 bits per heavy atom. The second-order valence-electron chi connectivity index (χ2n) is 3.45. The van der Waals surface area contributed by atoms with Crippen molar-refractivity contribution >= 4 is 5.91 Å². The lowest BCUT2D eigenvalue weighted by Crippen LogP contribution is -2.34. The average Bonchev–Trinajstić information content (AvgIpc) is 2.63. The maximum atomic E-state index is 11.9. The molecule has 0 aliphatic carbocycles. The molecule has 0 spiro atoms. The lowest BCUT2D eigenvalue weighted by molar-refractivity contribution is 0.0716. The molecule has 0 saturated heterocycles. The number of aryl methyl sites for hydroxylation is 1. The Hall–Kier alpha value is -1.36. The minimum Gasteiger partial charge on any atom is -0.395 e. The molecule has 0 fully saturated rings. The van der Waals surface area contributed by atoms with E-state index >= 15 is 0 Å². The van der Waals surface area contributed by atoms with Crippen molar-refractivity contribution in [3.63, 3.8) is 0 Å². The van der Waals surface area contributed by atoms with Gasteiger partial charge in [-0.25, -0.2) is 0 Å². The molecule has 1 aromatic rings. The van der Waals surface area contributed by atoms with E-state index in [4.69, 9.17) is 5.11 Å². The molecule has 1 amide bonds. The zero-order valence-corrected chi connectivity index (χ0v) is 9.16. The fourth-order valence-corrected chi connectivity index (χ4v) is 1.40. The molecule has 5 heteroatoms. The predicted molar refractivity (Wildman–Crippen MR) is 56.6 cm³/mol. The summed E-state index contributed by atoms with van der Waals surface area (Å²) in [6.45, 7) is 4.83. The van der Waals surface area contributed by atoms with Crippen LogP contribution in [0.2, 0.25) is 0 Å². The molecule has 2 N–H and O–H groups in total. The first-order valence-electron chi connectivity index (χ1n) is 5.11. The average molecular weight is 211 g/mol. The number of aromatic nitrogens is 2. The summed E-state index contributed by atoms with van der Waals surface area (Å²) in [5.74, 6) is -0.129. The van der Waals surface area contributed by atoms with Gasteiger partial charge in [-0.2, -0.15) is 5.10 Å². The third-order valence-electron chi connectivity index (χ3n) is 2.08. The second-order valence-corrected chi connectivity index (χ2v) is 3.45. The zero-order chi connectivity index (χ0) is 11.3. The van der Waals surface area contributed by atoms with Crippen molar-refractivity contribution in [3.8, 4) is 0 Å². The molecular formula is C10H17N3O2. The predicted octanol–water partition coefficient (Wildman–Crippen LogP) is 0.563. The molecule has 0 aromatic carbocycles. The van der Waals surface area contributed by atoms with E-state index in [1.165, 1.54) is 0 Å². The van der Waals surface area contributed by atoms with Crippen molar-refractivity contribution < 1.29 is 9.90 Å². The van der Waals surface area contributed by atoms with E-state index < -0.39 is 0 Å². The highest BCUT2D eigenvalue weighted by molar-refractivity contribution is 5.92. The van der Waals surface area contributed by atoms with Gasteiger partial charge in [0, 0.05) is 18.8 Å². The smallest absolute Gasteiger partial charge is 0.274 e. The standard InChI is InChI=1S/C10H17N3O2/c1-3-4-13(5-6-14)10(15)9-7-8(2)11-12-9/h7,14H,3-6H2,1-2H3,(H,11,12). The van der Waals surface area contributed by atoms with Crippen LogP contribution in [0.15, 0.2) is 6.07 Å². The first kappa shape index (κ1) is 11.7. The second kappa shape index (κ2) is 5.50. The summed E-state index contributed by atoms with van der Waals surface area (Å²) in [5.41, 5.74) is 1.27. The fourth-order valence-electron chi connectivity index (χ4n) is 1.40. The summed E-state index contributed by atoms with van der Waals surface area (Å²) in [4.78, 5) is 13.5.